The normalized spacial score (nSPS) is 12.2. The highest BCUT2D eigenvalue weighted by molar-refractivity contribution is 5.81. The second kappa shape index (κ2) is 6.79. The number of hydrogen-bond acceptors (Lipinski definition) is 4. The molecule has 1 N–H and O–H groups in total. The second-order valence-electron chi connectivity index (χ2n) is 4.46. The summed E-state index contributed by atoms with van der Waals surface area (Å²) >= 11 is 0. The van der Waals surface area contributed by atoms with Gasteiger partial charge in [0, 0.05) is 6.42 Å². The van der Waals surface area contributed by atoms with E-state index in [1.165, 1.54) is 7.11 Å². The van der Waals surface area contributed by atoms with Gasteiger partial charge in [-0.05, 0) is 27.2 Å². The molecule has 0 bridgehead atoms. The van der Waals surface area contributed by atoms with Gasteiger partial charge in [0.1, 0.15) is 11.6 Å². The Labute approximate surface area is 102 Å². The molecule has 0 aliphatic rings. The van der Waals surface area contributed by atoms with Crippen LogP contribution in [0, 0.1) is 12.3 Å². The summed E-state index contributed by atoms with van der Waals surface area (Å²) in [7, 11) is 1.25. The van der Waals surface area contributed by atoms with E-state index in [9.17, 15) is 9.59 Å². The quantitative estimate of drug-likeness (QED) is 0.598. The highest BCUT2D eigenvalue weighted by atomic mass is 16.6. The molecule has 0 rings (SSSR count). The first-order valence-corrected chi connectivity index (χ1v) is 5.31. The third-order valence-electron chi connectivity index (χ3n) is 1.75. The van der Waals surface area contributed by atoms with Gasteiger partial charge in [-0.1, -0.05) is 0 Å². The van der Waals surface area contributed by atoms with Crippen LogP contribution in [0.5, 0.6) is 0 Å². The molecule has 0 spiro atoms. The summed E-state index contributed by atoms with van der Waals surface area (Å²) in [4.78, 5) is 22.8. The van der Waals surface area contributed by atoms with Gasteiger partial charge in [-0.15, -0.1) is 12.3 Å². The number of methoxy groups -OCH3 is 1. The molecular formula is C12H19NO4. The van der Waals surface area contributed by atoms with E-state index < -0.39 is 23.7 Å². The van der Waals surface area contributed by atoms with E-state index in [2.05, 4.69) is 16.0 Å². The fourth-order valence-electron chi connectivity index (χ4n) is 1.07. The molecule has 0 aromatic rings. The number of hydrogen-bond donors (Lipinski definition) is 1. The van der Waals surface area contributed by atoms with Crippen molar-refractivity contribution in [3.05, 3.63) is 0 Å². The van der Waals surface area contributed by atoms with E-state index in [4.69, 9.17) is 11.2 Å². The highest BCUT2D eigenvalue weighted by Gasteiger charge is 2.24. The summed E-state index contributed by atoms with van der Waals surface area (Å²) in [5.41, 5.74) is -0.614. The maximum Gasteiger partial charge on any atom is 0.408 e. The van der Waals surface area contributed by atoms with E-state index in [0.717, 1.165) is 0 Å². The molecule has 0 aliphatic heterocycles. The van der Waals surface area contributed by atoms with Crippen LogP contribution in [0.15, 0.2) is 0 Å². The van der Waals surface area contributed by atoms with Gasteiger partial charge >= 0.3 is 12.1 Å². The monoisotopic (exact) mass is 241 g/mol. The van der Waals surface area contributed by atoms with E-state index in [0.29, 0.717) is 12.8 Å². The molecule has 5 heteroatoms. The third kappa shape index (κ3) is 7.23. The molecule has 17 heavy (non-hydrogen) atoms. The number of amides is 1. The molecule has 0 aromatic carbocycles. The molecule has 0 radical (unpaired) electrons. The number of carbonyl (C=O) groups excluding carboxylic acids is 2. The molecule has 5 nitrogen and oxygen atoms in total. The SMILES string of the molecule is C#CCCC(NC(=O)OC(C)(C)C)C(=O)OC. The summed E-state index contributed by atoms with van der Waals surface area (Å²) in [6, 6.07) is -0.772. The Morgan fingerprint density at radius 3 is 2.41 bits per heavy atom. The van der Waals surface area contributed by atoms with Crippen LogP contribution >= 0.6 is 0 Å². The zero-order valence-corrected chi connectivity index (χ0v) is 10.7. The van der Waals surface area contributed by atoms with E-state index in [1.807, 2.05) is 0 Å². The zero-order chi connectivity index (χ0) is 13.5. The summed E-state index contributed by atoms with van der Waals surface area (Å²) in [6.07, 6.45) is 5.14. The molecule has 0 aliphatic carbocycles. The smallest absolute Gasteiger partial charge is 0.408 e. The van der Waals surface area contributed by atoms with Crippen LogP contribution in [-0.2, 0) is 14.3 Å². The van der Waals surface area contributed by atoms with Gasteiger partial charge in [0.25, 0.3) is 0 Å². The Balaban J connectivity index is 4.38. The fourth-order valence-corrected chi connectivity index (χ4v) is 1.07. The Kier molecular flexibility index (Phi) is 6.11. The lowest BCUT2D eigenvalue weighted by molar-refractivity contribution is -0.143. The minimum absolute atomic E-state index is 0.322. The molecular weight excluding hydrogens is 222 g/mol. The van der Waals surface area contributed by atoms with Crippen LogP contribution in [0.2, 0.25) is 0 Å². The first kappa shape index (κ1) is 15.3. The number of rotatable bonds is 4. The molecule has 96 valence electrons. The zero-order valence-electron chi connectivity index (χ0n) is 10.7. The Morgan fingerprint density at radius 2 is 2.00 bits per heavy atom. The number of ether oxygens (including phenoxy) is 2. The van der Waals surface area contributed by atoms with Crippen LogP contribution in [0.1, 0.15) is 33.6 Å². The number of nitrogens with one attached hydrogen (secondary N) is 1. The van der Waals surface area contributed by atoms with E-state index >= 15 is 0 Å². The lowest BCUT2D eigenvalue weighted by Gasteiger charge is -2.22. The van der Waals surface area contributed by atoms with Crippen LogP contribution in [0.3, 0.4) is 0 Å². The van der Waals surface area contributed by atoms with Crippen molar-refractivity contribution < 1.29 is 19.1 Å². The van der Waals surface area contributed by atoms with Crippen molar-refractivity contribution in [1.82, 2.24) is 5.32 Å². The molecule has 0 aromatic heterocycles. The number of alkyl carbamates (subject to hydrolysis) is 1. The van der Waals surface area contributed by atoms with Crippen LogP contribution in [-0.4, -0.2) is 30.8 Å². The summed E-state index contributed by atoms with van der Waals surface area (Å²) in [5.74, 6) is 1.86. The Morgan fingerprint density at radius 1 is 1.41 bits per heavy atom. The maximum atomic E-state index is 11.5. The highest BCUT2D eigenvalue weighted by Crippen LogP contribution is 2.08. The number of carbonyl (C=O) groups is 2. The molecule has 1 unspecified atom stereocenters. The van der Waals surface area contributed by atoms with Crippen LogP contribution in [0.25, 0.3) is 0 Å². The first-order chi connectivity index (χ1) is 7.80. The van der Waals surface area contributed by atoms with Gasteiger partial charge in [-0.3, -0.25) is 0 Å². The number of esters is 1. The topological polar surface area (TPSA) is 64.6 Å². The lowest BCUT2D eigenvalue weighted by Crippen LogP contribution is -2.43. The summed E-state index contributed by atoms with van der Waals surface area (Å²) in [6.45, 7) is 5.21. The van der Waals surface area contributed by atoms with Crippen molar-refractivity contribution in [3.63, 3.8) is 0 Å². The van der Waals surface area contributed by atoms with Gasteiger partial charge in [0.05, 0.1) is 7.11 Å². The summed E-state index contributed by atoms with van der Waals surface area (Å²) in [5, 5.41) is 2.43. The lowest BCUT2D eigenvalue weighted by atomic mass is 10.1. The molecule has 0 fully saturated rings. The average Bonchev–Trinajstić information content (AvgIpc) is 2.20. The largest absolute Gasteiger partial charge is 0.467 e. The van der Waals surface area contributed by atoms with Gasteiger partial charge in [0.2, 0.25) is 0 Å². The van der Waals surface area contributed by atoms with Crippen molar-refractivity contribution in [2.45, 2.75) is 45.3 Å². The Bertz CT molecular complexity index is 311. The fraction of sp³-hybridized carbons (Fsp3) is 0.667. The van der Waals surface area contributed by atoms with Crippen molar-refractivity contribution in [1.29, 1.82) is 0 Å². The molecule has 1 amide bonds. The van der Waals surface area contributed by atoms with Gasteiger partial charge in [-0.2, -0.15) is 0 Å². The Hall–Kier alpha value is -1.70. The molecule has 1 atom stereocenters. The minimum atomic E-state index is -0.772. The van der Waals surface area contributed by atoms with E-state index in [1.54, 1.807) is 20.8 Å². The van der Waals surface area contributed by atoms with Crippen LogP contribution < -0.4 is 5.32 Å². The van der Waals surface area contributed by atoms with Gasteiger partial charge in [0.15, 0.2) is 0 Å². The first-order valence-electron chi connectivity index (χ1n) is 5.31. The molecule has 0 heterocycles. The second-order valence-corrected chi connectivity index (χ2v) is 4.46. The van der Waals surface area contributed by atoms with Crippen molar-refractivity contribution >= 4 is 12.1 Å². The number of terminal acetylenes is 1. The predicted octanol–water partition coefficient (Wildman–Crippen LogP) is 1.47. The van der Waals surface area contributed by atoms with Gasteiger partial charge < -0.3 is 14.8 Å². The third-order valence-corrected chi connectivity index (χ3v) is 1.75. The van der Waals surface area contributed by atoms with Crippen molar-refractivity contribution in [3.8, 4) is 12.3 Å². The minimum Gasteiger partial charge on any atom is -0.467 e. The standard InChI is InChI=1S/C12H19NO4/c1-6-7-8-9(10(14)16-5)13-11(15)17-12(2,3)4/h1,9H,7-8H2,2-5H3,(H,13,15). The van der Waals surface area contributed by atoms with Crippen molar-refractivity contribution in [2.24, 2.45) is 0 Å². The predicted molar refractivity (Wildman–Crippen MR) is 63.2 cm³/mol. The average molecular weight is 241 g/mol. The molecule has 0 saturated heterocycles. The van der Waals surface area contributed by atoms with Crippen LogP contribution in [0.4, 0.5) is 4.79 Å². The van der Waals surface area contributed by atoms with Crippen molar-refractivity contribution in [2.75, 3.05) is 7.11 Å². The summed E-state index contributed by atoms with van der Waals surface area (Å²) < 4.78 is 9.60. The van der Waals surface area contributed by atoms with E-state index in [-0.39, 0.29) is 0 Å². The maximum absolute atomic E-state index is 11.5. The molecule has 0 saturated carbocycles. The van der Waals surface area contributed by atoms with Gasteiger partial charge in [-0.25, -0.2) is 9.59 Å².